The molecule has 1 unspecified atom stereocenters. The van der Waals surface area contributed by atoms with Crippen LogP contribution >= 0.6 is 11.6 Å². The van der Waals surface area contributed by atoms with E-state index in [1.54, 1.807) is 0 Å². The van der Waals surface area contributed by atoms with Gasteiger partial charge in [-0.1, -0.05) is 17.7 Å². The predicted octanol–water partition coefficient (Wildman–Crippen LogP) is 2.16. The number of hydrogen-bond acceptors (Lipinski definition) is 4. The van der Waals surface area contributed by atoms with Crippen molar-refractivity contribution in [1.29, 1.82) is 0 Å². The van der Waals surface area contributed by atoms with Crippen molar-refractivity contribution in [3.8, 4) is 0 Å². The maximum Gasteiger partial charge on any atom is 0.305 e. The third kappa shape index (κ3) is 7.40. The lowest BCUT2D eigenvalue weighted by Crippen LogP contribution is -2.33. The van der Waals surface area contributed by atoms with Gasteiger partial charge in [0.1, 0.15) is 12.4 Å². The van der Waals surface area contributed by atoms with E-state index < -0.39 is 23.7 Å². The fourth-order valence-corrected chi connectivity index (χ4v) is 1.94. The molecule has 0 aromatic heterocycles. The molecular formula is C15H19ClFNO5. The average molecular weight is 348 g/mol. The van der Waals surface area contributed by atoms with Gasteiger partial charge in [0.15, 0.2) is 0 Å². The Morgan fingerprint density at radius 3 is 2.65 bits per heavy atom. The Morgan fingerprint density at radius 1 is 1.35 bits per heavy atom. The van der Waals surface area contributed by atoms with Gasteiger partial charge in [-0.05, 0) is 24.6 Å². The van der Waals surface area contributed by atoms with E-state index in [4.69, 9.17) is 26.2 Å². The highest BCUT2D eigenvalue weighted by Crippen LogP contribution is 2.22. The SMILES string of the molecule is CCOCCOCC(=O)NC(CC(=O)O)c1ccc(Cl)c(F)c1. The molecule has 1 rings (SSSR count). The standard InChI is InChI=1S/C15H19ClFNO5/c1-2-22-5-6-23-9-14(19)18-13(8-15(20)21)10-3-4-11(16)12(17)7-10/h3-4,7,13H,2,5-6,8-9H2,1H3,(H,18,19)(H,20,21). The molecule has 6 nitrogen and oxygen atoms in total. The number of carboxylic acid groups (broad SMARTS) is 1. The summed E-state index contributed by atoms with van der Waals surface area (Å²) in [6.45, 7) is 2.78. The molecule has 0 saturated carbocycles. The highest BCUT2D eigenvalue weighted by atomic mass is 35.5. The van der Waals surface area contributed by atoms with Crippen LogP contribution in [-0.4, -0.2) is 43.4 Å². The summed E-state index contributed by atoms with van der Waals surface area (Å²) in [5.74, 6) is -2.30. The number of amides is 1. The average Bonchev–Trinajstić information content (AvgIpc) is 2.48. The van der Waals surface area contributed by atoms with Crippen LogP contribution in [0.4, 0.5) is 4.39 Å². The van der Waals surface area contributed by atoms with E-state index >= 15 is 0 Å². The number of benzene rings is 1. The molecule has 0 spiro atoms. The first-order valence-corrected chi connectivity index (χ1v) is 7.43. The van der Waals surface area contributed by atoms with E-state index in [-0.39, 0.29) is 24.7 Å². The summed E-state index contributed by atoms with van der Waals surface area (Å²) >= 11 is 5.60. The molecule has 0 fully saturated rings. The van der Waals surface area contributed by atoms with Crippen molar-refractivity contribution < 1.29 is 28.6 Å². The molecule has 0 bridgehead atoms. The van der Waals surface area contributed by atoms with Crippen LogP contribution < -0.4 is 5.32 Å². The van der Waals surface area contributed by atoms with Crippen molar-refractivity contribution in [2.75, 3.05) is 26.4 Å². The topological polar surface area (TPSA) is 84.9 Å². The highest BCUT2D eigenvalue weighted by molar-refractivity contribution is 6.30. The van der Waals surface area contributed by atoms with Gasteiger partial charge in [-0.15, -0.1) is 0 Å². The Balaban J connectivity index is 2.62. The van der Waals surface area contributed by atoms with Gasteiger partial charge in [0.05, 0.1) is 30.7 Å². The van der Waals surface area contributed by atoms with Crippen LogP contribution in [0.1, 0.15) is 24.9 Å². The summed E-state index contributed by atoms with van der Waals surface area (Å²) in [6, 6.07) is 3.01. The number of halogens is 2. The van der Waals surface area contributed by atoms with E-state index in [0.29, 0.717) is 18.8 Å². The lowest BCUT2D eigenvalue weighted by molar-refractivity contribution is -0.138. The summed E-state index contributed by atoms with van der Waals surface area (Å²) in [6.07, 6.45) is -0.383. The van der Waals surface area contributed by atoms with Gasteiger partial charge in [0.2, 0.25) is 5.91 Å². The molecule has 128 valence electrons. The molecule has 0 radical (unpaired) electrons. The first kappa shape index (κ1) is 19.3. The van der Waals surface area contributed by atoms with Crippen molar-refractivity contribution in [3.63, 3.8) is 0 Å². The third-order valence-corrected chi connectivity index (χ3v) is 3.18. The first-order chi connectivity index (χ1) is 10.9. The van der Waals surface area contributed by atoms with Crippen molar-refractivity contribution in [2.24, 2.45) is 0 Å². The second kappa shape index (κ2) is 10.1. The molecule has 1 aromatic rings. The lowest BCUT2D eigenvalue weighted by atomic mass is 10.0. The number of hydrogen-bond donors (Lipinski definition) is 2. The van der Waals surface area contributed by atoms with Gasteiger partial charge in [-0.25, -0.2) is 4.39 Å². The Morgan fingerprint density at radius 2 is 2.04 bits per heavy atom. The lowest BCUT2D eigenvalue weighted by Gasteiger charge is -2.18. The zero-order valence-electron chi connectivity index (χ0n) is 12.7. The van der Waals surface area contributed by atoms with E-state index in [1.807, 2.05) is 6.92 Å². The zero-order valence-corrected chi connectivity index (χ0v) is 13.4. The van der Waals surface area contributed by atoms with E-state index in [9.17, 15) is 14.0 Å². The number of carbonyl (C=O) groups is 2. The summed E-state index contributed by atoms with van der Waals surface area (Å²) in [4.78, 5) is 22.7. The Bertz CT molecular complexity index is 541. The van der Waals surface area contributed by atoms with Crippen LogP contribution in [0.15, 0.2) is 18.2 Å². The molecule has 1 aromatic carbocycles. The number of nitrogens with one attached hydrogen (secondary N) is 1. The second-order valence-electron chi connectivity index (χ2n) is 4.64. The molecular weight excluding hydrogens is 329 g/mol. The third-order valence-electron chi connectivity index (χ3n) is 2.87. The molecule has 23 heavy (non-hydrogen) atoms. The molecule has 1 amide bonds. The Kier molecular flexibility index (Phi) is 8.53. The summed E-state index contributed by atoms with van der Waals surface area (Å²) in [5, 5.41) is 11.4. The van der Waals surface area contributed by atoms with Crippen molar-refractivity contribution in [3.05, 3.63) is 34.6 Å². The minimum absolute atomic E-state index is 0.0755. The fourth-order valence-electron chi connectivity index (χ4n) is 1.82. The second-order valence-corrected chi connectivity index (χ2v) is 5.05. The van der Waals surface area contributed by atoms with Gasteiger partial charge in [0.25, 0.3) is 0 Å². The van der Waals surface area contributed by atoms with E-state index in [0.717, 1.165) is 6.07 Å². The fraction of sp³-hybridized carbons (Fsp3) is 0.467. The maximum absolute atomic E-state index is 13.5. The van der Waals surface area contributed by atoms with Gasteiger partial charge in [0, 0.05) is 6.61 Å². The van der Waals surface area contributed by atoms with Crippen molar-refractivity contribution >= 4 is 23.5 Å². The number of aliphatic carboxylic acids is 1. The Hall–Kier alpha value is -1.70. The quantitative estimate of drug-likeness (QED) is 0.634. The normalized spacial score (nSPS) is 12.0. The molecule has 0 heterocycles. The first-order valence-electron chi connectivity index (χ1n) is 7.05. The summed E-state index contributed by atoms with van der Waals surface area (Å²) in [7, 11) is 0. The number of carbonyl (C=O) groups excluding carboxylic acids is 1. The van der Waals surface area contributed by atoms with E-state index in [2.05, 4.69) is 5.32 Å². The van der Waals surface area contributed by atoms with Gasteiger partial charge in [-0.2, -0.15) is 0 Å². The minimum atomic E-state index is -1.12. The van der Waals surface area contributed by atoms with Crippen LogP contribution in [0.5, 0.6) is 0 Å². The number of ether oxygens (including phenoxy) is 2. The van der Waals surface area contributed by atoms with E-state index in [1.165, 1.54) is 12.1 Å². The van der Waals surface area contributed by atoms with Gasteiger partial charge < -0.3 is 19.9 Å². The van der Waals surface area contributed by atoms with Crippen LogP contribution in [-0.2, 0) is 19.1 Å². The molecule has 0 saturated heterocycles. The predicted molar refractivity (Wildman–Crippen MR) is 81.9 cm³/mol. The van der Waals surface area contributed by atoms with Crippen molar-refractivity contribution in [1.82, 2.24) is 5.32 Å². The van der Waals surface area contributed by atoms with Crippen LogP contribution in [0.3, 0.4) is 0 Å². The molecule has 8 heteroatoms. The van der Waals surface area contributed by atoms with Crippen LogP contribution in [0.25, 0.3) is 0 Å². The summed E-state index contributed by atoms with van der Waals surface area (Å²) in [5.41, 5.74) is 0.317. The number of rotatable bonds is 10. The largest absolute Gasteiger partial charge is 0.481 e. The smallest absolute Gasteiger partial charge is 0.305 e. The molecule has 0 aliphatic heterocycles. The van der Waals surface area contributed by atoms with Crippen LogP contribution in [0.2, 0.25) is 5.02 Å². The molecule has 2 N–H and O–H groups in total. The highest BCUT2D eigenvalue weighted by Gasteiger charge is 2.19. The maximum atomic E-state index is 13.5. The monoisotopic (exact) mass is 347 g/mol. The summed E-state index contributed by atoms with van der Waals surface area (Å²) < 4.78 is 23.7. The van der Waals surface area contributed by atoms with Crippen molar-refractivity contribution in [2.45, 2.75) is 19.4 Å². The van der Waals surface area contributed by atoms with Gasteiger partial charge >= 0.3 is 5.97 Å². The van der Waals surface area contributed by atoms with Crippen LogP contribution in [0, 0.1) is 5.82 Å². The molecule has 0 aliphatic carbocycles. The minimum Gasteiger partial charge on any atom is -0.481 e. The molecule has 0 aliphatic rings. The van der Waals surface area contributed by atoms with Gasteiger partial charge in [-0.3, -0.25) is 9.59 Å². The number of carboxylic acids is 1. The zero-order chi connectivity index (χ0) is 17.2. The molecule has 1 atom stereocenters. The Labute approximate surface area is 138 Å².